The summed E-state index contributed by atoms with van der Waals surface area (Å²) >= 11 is 0. The van der Waals surface area contributed by atoms with Gasteiger partial charge in [-0.05, 0) is 74.1 Å². The van der Waals surface area contributed by atoms with Crippen molar-refractivity contribution in [3.05, 3.63) is 212 Å². The van der Waals surface area contributed by atoms with Crippen LogP contribution in [0, 0.1) is 0 Å². The molecule has 266 valence electrons. The van der Waals surface area contributed by atoms with E-state index < -0.39 is 0 Å². The van der Waals surface area contributed by atoms with Crippen LogP contribution in [-0.4, -0.2) is 14.5 Å². The molecule has 2 aromatic heterocycles. The molecule has 0 aliphatic rings. The first kappa shape index (κ1) is 32.8. The second-order valence-corrected chi connectivity index (χ2v) is 14.6. The maximum absolute atomic E-state index is 5.12. The number of para-hydroxylation sites is 2. The molecule has 0 saturated carbocycles. The zero-order valence-electron chi connectivity index (χ0n) is 31.0. The minimum Gasteiger partial charge on any atom is -0.309 e. The lowest BCUT2D eigenvalue weighted by Gasteiger charge is -2.14. The molecule has 0 radical (unpaired) electrons. The predicted octanol–water partition coefficient (Wildman–Crippen LogP) is 14.2. The van der Waals surface area contributed by atoms with Crippen LogP contribution in [0.3, 0.4) is 0 Å². The summed E-state index contributed by atoms with van der Waals surface area (Å²) in [6.45, 7) is 0. The van der Waals surface area contributed by atoms with Crippen molar-refractivity contribution in [3.8, 4) is 61.8 Å². The Bertz CT molecular complexity index is 3210. The predicted molar refractivity (Wildman–Crippen MR) is 239 cm³/mol. The minimum absolute atomic E-state index is 0.713. The van der Waals surface area contributed by atoms with Crippen LogP contribution < -0.4 is 0 Å². The van der Waals surface area contributed by atoms with Crippen molar-refractivity contribution < 1.29 is 0 Å². The molecule has 0 bridgehead atoms. The van der Waals surface area contributed by atoms with Gasteiger partial charge in [-0.3, -0.25) is 0 Å². The first-order chi connectivity index (χ1) is 28.3. The maximum Gasteiger partial charge on any atom is 0.160 e. The van der Waals surface area contributed by atoms with Crippen LogP contribution in [0.1, 0.15) is 0 Å². The van der Waals surface area contributed by atoms with Crippen molar-refractivity contribution in [1.29, 1.82) is 0 Å². The fourth-order valence-electron chi connectivity index (χ4n) is 8.51. The van der Waals surface area contributed by atoms with Crippen LogP contribution >= 0.6 is 0 Å². The number of aromatic nitrogens is 3. The Hall–Kier alpha value is -7.62. The average Bonchev–Trinajstić information content (AvgIpc) is 3.63. The van der Waals surface area contributed by atoms with Gasteiger partial charge in [-0.1, -0.05) is 182 Å². The summed E-state index contributed by atoms with van der Waals surface area (Å²) in [6, 6.07) is 75.7. The van der Waals surface area contributed by atoms with E-state index in [0.29, 0.717) is 5.82 Å². The number of rotatable bonds is 6. The average molecular weight is 726 g/mol. The van der Waals surface area contributed by atoms with Gasteiger partial charge in [-0.25, -0.2) is 9.97 Å². The number of hydrogen-bond acceptors (Lipinski definition) is 2. The molecule has 0 spiro atoms. The largest absolute Gasteiger partial charge is 0.309 e. The molecule has 11 aromatic rings. The van der Waals surface area contributed by atoms with Crippen LogP contribution in [0.25, 0.3) is 105 Å². The number of fused-ring (bicyclic) bond motifs is 5. The summed E-state index contributed by atoms with van der Waals surface area (Å²) in [6.07, 6.45) is 0. The standard InChI is InChI=1S/C54H35N3/c1-2-14-40(15-3-1)54-55-50(35-51(56-54)47-22-12-16-36-13-4-5-17-42(36)47)39-27-25-37(26-28-39)43-33-34-44(46-19-7-6-18-45(43)46)38-29-31-41(32-30-38)57-52-23-10-8-20-48(52)49-21-9-11-24-53(49)57/h1-35H. The van der Waals surface area contributed by atoms with Gasteiger partial charge >= 0.3 is 0 Å². The molecule has 11 rings (SSSR count). The van der Waals surface area contributed by atoms with Crippen molar-refractivity contribution in [3.63, 3.8) is 0 Å². The lowest BCUT2D eigenvalue weighted by atomic mass is 9.91. The third kappa shape index (κ3) is 5.68. The summed E-state index contributed by atoms with van der Waals surface area (Å²) in [4.78, 5) is 10.2. The minimum atomic E-state index is 0.713. The van der Waals surface area contributed by atoms with E-state index in [1.165, 1.54) is 60.0 Å². The Morgan fingerprint density at radius 3 is 1.44 bits per heavy atom. The van der Waals surface area contributed by atoms with Gasteiger partial charge in [0.05, 0.1) is 22.4 Å². The fraction of sp³-hybridized carbons (Fsp3) is 0. The van der Waals surface area contributed by atoms with E-state index in [-0.39, 0.29) is 0 Å². The molecule has 2 heterocycles. The highest BCUT2D eigenvalue weighted by atomic mass is 15.0. The molecule has 0 fully saturated rings. The van der Waals surface area contributed by atoms with Gasteiger partial charge in [0.25, 0.3) is 0 Å². The maximum atomic E-state index is 5.12. The van der Waals surface area contributed by atoms with Crippen LogP contribution in [0.15, 0.2) is 212 Å². The van der Waals surface area contributed by atoms with Crippen molar-refractivity contribution in [2.45, 2.75) is 0 Å². The zero-order chi connectivity index (χ0) is 37.7. The topological polar surface area (TPSA) is 30.7 Å². The SMILES string of the molecule is c1ccc(-c2nc(-c3ccc(-c4ccc(-c5ccc(-n6c7ccccc7c7ccccc76)cc5)c5ccccc45)cc3)cc(-c3cccc4ccccc34)n2)cc1. The van der Waals surface area contributed by atoms with Crippen molar-refractivity contribution in [1.82, 2.24) is 14.5 Å². The molecule has 0 aliphatic heterocycles. The van der Waals surface area contributed by atoms with Crippen LogP contribution in [-0.2, 0) is 0 Å². The highest BCUT2D eigenvalue weighted by Crippen LogP contribution is 2.38. The summed E-state index contributed by atoms with van der Waals surface area (Å²) in [7, 11) is 0. The van der Waals surface area contributed by atoms with Gasteiger partial charge in [-0.2, -0.15) is 0 Å². The van der Waals surface area contributed by atoms with Crippen molar-refractivity contribution in [2.75, 3.05) is 0 Å². The molecular weight excluding hydrogens is 691 g/mol. The van der Waals surface area contributed by atoms with Crippen molar-refractivity contribution in [2.24, 2.45) is 0 Å². The van der Waals surface area contributed by atoms with E-state index >= 15 is 0 Å². The van der Waals surface area contributed by atoms with E-state index in [4.69, 9.17) is 9.97 Å². The van der Waals surface area contributed by atoms with Crippen LogP contribution in [0.4, 0.5) is 0 Å². The van der Waals surface area contributed by atoms with Crippen LogP contribution in [0.2, 0.25) is 0 Å². The quantitative estimate of drug-likeness (QED) is 0.171. The molecule has 57 heavy (non-hydrogen) atoms. The highest BCUT2D eigenvalue weighted by molar-refractivity contribution is 6.09. The van der Waals surface area contributed by atoms with Crippen LogP contribution in [0.5, 0.6) is 0 Å². The van der Waals surface area contributed by atoms with E-state index in [1.807, 2.05) is 18.2 Å². The van der Waals surface area contributed by atoms with Gasteiger partial charge in [0, 0.05) is 33.2 Å². The third-order valence-corrected chi connectivity index (χ3v) is 11.3. The fourth-order valence-corrected chi connectivity index (χ4v) is 8.51. The molecule has 0 unspecified atom stereocenters. The Labute approximate surface area is 330 Å². The van der Waals surface area contributed by atoms with Gasteiger partial charge in [0.15, 0.2) is 5.82 Å². The summed E-state index contributed by atoms with van der Waals surface area (Å²) in [5, 5.41) is 7.36. The Balaban J connectivity index is 0.962. The Kier molecular flexibility index (Phi) is 7.82. The van der Waals surface area contributed by atoms with Gasteiger partial charge in [0.1, 0.15) is 0 Å². The smallest absolute Gasteiger partial charge is 0.160 e. The van der Waals surface area contributed by atoms with Gasteiger partial charge < -0.3 is 4.57 Å². The molecule has 9 aromatic carbocycles. The molecule has 0 amide bonds. The molecular formula is C54H35N3. The van der Waals surface area contributed by atoms with E-state index in [0.717, 1.165) is 39.3 Å². The first-order valence-corrected chi connectivity index (χ1v) is 19.4. The number of hydrogen-bond donors (Lipinski definition) is 0. The monoisotopic (exact) mass is 725 g/mol. The molecule has 0 atom stereocenters. The molecule has 0 N–H and O–H groups in total. The lowest BCUT2D eigenvalue weighted by molar-refractivity contribution is 1.18. The Morgan fingerprint density at radius 1 is 0.298 bits per heavy atom. The summed E-state index contributed by atoms with van der Waals surface area (Å²) < 4.78 is 2.37. The van der Waals surface area contributed by atoms with Gasteiger partial charge in [0.2, 0.25) is 0 Å². The molecule has 0 saturated heterocycles. The molecule has 0 aliphatic carbocycles. The van der Waals surface area contributed by atoms with Crippen molar-refractivity contribution >= 4 is 43.4 Å². The summed E-state index contributed by atoms with van der Waals surface area (Å²) in [5.41, 5.74) is 13.3. The third-order valence-electron chi connectivity index (χ3n) is 11.3. The zero-order valence-corrected chi connectivity index (χ0v) is 31.0. The Morgan fingerprint density at radius 2 is 0.789 bits per heavy atom. The number of benzene rings is 9. The van der Waals surface area contributed by atoms with Gasteiger partial charge in [-0.15, -0.1) is 0 Å². The first-order valence-electron chi connectivity index (χ1n) is 19.4. The lowest BCUT2D eigenvalue weighted by Crippen LogP contribution is -1.96. The molecule has 3 nitrogen and oxygen atoms in total. The second-order valence-electron chi connectivity index (χ2n) is 14.6. The highest BCUT2D eigenvalue weighted by Gasteiger charge is 2.15. The normalized spacial score (nSPS) is 11.5. The summed E-state index contributed by atoms with van der Waals surface area (Å²) in [5.74, 6) is 0.713. The van der Waals surface area contributed by atoms with E-state index in [2.05, 4.69) is 199 Å². The van der Waals surface area contributed by atoms with E-state index in [9.17, 15) is 0 Å². The van der Waals surface area contributed by atoms with E-state index in [1.54, 1.807) is 0 Å². The molecule has 3 heteroatoms. The number of nitrogens with zero attached hydrogens (tertiary/aromatic N) is 3. The second kappa shape index (κ2) is 13.6.